The molecule has 0 unspecified atom stereocenters. The standard InChI is InChI=1S/C17H27N3O/c1-17(2,3)19-16(21)7-9-18-12-13-5-6-15-14(11-13)8-10-20(15)4/h5-6,11,18H,7-10,12H2,1-4H3,(H,19,21). The summed E-state index contributed by atoms with van der Waals surface area (Å²) < 4.78 is 0. The first-order valence-corrected chi connectivity index (χ1v) is 7.70. The van der Waals surface area contributed by atoms with Crippen molar-refractivity contribution < 1.29 is 4.79 Å². The summed E-state index contributed by atoms with van der Waals surface area (Å²) in [7, 11) is 2.14. The van der Waals surface area contributed by atoms with E-state index in [0.717, 1.165) is 19.5 Å². The second-order valence-corrected chi connectivity index (χ2v) is 6.86. The van der Waals surface area contributed by atoms with Gasteiger partial charge in [-0.15, -0.1) is 0 Å². The smallest absolute Gasteiger partial charge is 0.221 e. The van der Waals surface area contributed by atoms with Crippen LogP contribution >= 0.6 is 0 Å². The lowest BCUT2D eigenvalue weighted by molar-refractivity contribution is -0.122. The van der Waals surface area contributed by atoms with Crippen LogP contribution in [0.5, 0.6) is 0 Å². The van der Waals surface area contributed by atoms with Crippen LogP contribution in [0, 0.1) is 0 Å². The second kappa shape index (κ2) is 6.48. The molecule has 1 heterocycles. The topological polar surface area (TPSA) is 44.4 Å². The van der Waals surface area contributed by atoms with Crippen LogP contribution in [-0.2, 0) is 17.8 Å². The van der Waals surface area contributed by atoms with Gasteiger partial charge in [-0.3, -0.25) is 4.79 Å². The first-order valence-electron chi connectivity index (χ1n) is 7.70. The van der Waals surface area contributed by atoms with Crippen LogP contribution < -0.4 is 15.5 Å². The number of fused-ring (bicyclic) bond motifs is 1. The number of benzene rings is 1. The van der Waals surface area contributed by atoms with Gasteiger partial charge in [0.25, 0.3) is 0 Å². The summed E-state index contributed by atoms with van der Waals surface area (Å²) in [5, 5.41) is 6.32. The van der Waals surface area contributed by atoms with Crippen molar-refractivity contribution in [2.45, 2.75) is 45.7 Å². The normalized spacial score (nSPS) is 14.2. The molecule has 4 heteroatoms. The van der Waals surface area contributed by atoms with E-state index in [1.54, 1.807) is 0 Å². The van der Waals surface area contributed by atoms with Gasteiger partial charge in [0, 0.05) is 44.3 Å². The van der Waals surface area contributed by atoms with Gasteiger partial charge in [0.2, 0.25) is 5.91 Å². The summed E-state index contributed by atoms with van der Waals surface area (Å²) in [6.07, 6.45) is 1.65. The maximum atomic E-state index is 11.7. The lowest BCUT2D eigenvalue weighted by atomic mass is 10.1. The zero-order valence-corrected chi connectivity index (χ0v) is 13.6. The van der Waals surface area contributed by atoms with Crippen molar-refractivity contribution >= 4 is 11.6 Å². The number of nitrogens with one attached hydrogen (secondary N) is 2. The highest BCUT2D eigenvalue weighted by Crippen LogP contribution is 2.27. The molecule has 0 aliphatic carbocycles. The van der Waals surface area contributed by atoms with Gasteiger partial charge in [-0.2, -0.15) is 0 Å². The maximum absolute atomic E-state index is 11.7. The Bertz CT molecular complexity index is 505. The number of anilines is 1. The van der Waals surface area contributed by atoms with Crippen LogP contribution in [0.2, 0.25) is 0 Å². The molecule has 0 fully saturated rings. The van der Waals surface area contributed by atoms with Crippen LogP contribution in [0.3, 0.4) is 0 Å². The van der Waals surface area contributed by atoms with E-state index in [2.05, 4.69) is 40.8 Å². The Kier molecular flexibility index (Phi) is 4.88. The monoisotopic (exact) mass is 289 g/mol. The molecule has 116 valence electrons. The van der Waals surface area contributed by atoms with E-state index >= 15 is 0 Å². The third-order valence-corrected chi connectivity index (χ3v) is 3.64. The Morgan fingerprint density at radius 3 is 2.81 bits per heavy atom. The van der Waals surface area contributed by atoms with E-state index in [1.807, 2.05) is 20.8 Å². The van der Waals surface area contributed by atoms with Crippen molar-refractivity contribution in [3.63, 3.8) is 0 Å². The highest BCUT2D eigenvalue weighted by atomic mass is 16.1. The van der Waals surface area contributed by atoms with Gasteiger partial charge in [0.05, 0.1) is 0 Å². The summed E-state index contributed by atoms with van der Waals surface area (Å²) in [4.78, 5) is 14.0. The van der Waals surface area contributed by atoms with Gasteiger partial charge in [-0.05, 0) is 44.4 Å². The average molecular weight is 289 g/mol. The molecule has 0 radical (unpaired) electrons. The Morgan fingerprint density at radius 2 is 2.10 bits per heavy atom. The Labute approximate surface area is 127 Å². The number of nitrogens with zero attached hydrogens (tertiary/aromatic N) is 1. The van der Waals surface area contributed by atoms with E-state index in [9.17, 15) is 4.79 Å². The maximum Gasteiger partial charge on any atom is 0.221 e. The molecule has 0 saturated heterocycles. The van der Waals surface area contributed by atoms with Crippen LogP contribution in [0.25, 0.3) is 0 Å². The minimum absolute atomic E-state index is 0.102. The minimum Gasteiger partial charge on any atom is -0.374 e. The first kappa shape index (κ1) is 15.8. The molecular weight excluding hydrogens is 262 g/mol. The number of rotatable bonds is 5. The van der Waals surface area contributed by atoms with Gasteiger partial charge in [-0.1, -0.05) is 12.1 Å². The van der Waals surface area contributed by atoms with Crippen LogP contribution in [0.15, 0.2) is 18.2 Å². The molecule has 0 spiro atoms. The molecule has 1 aliphatic rings. The molecule has 1 aliphatic heterocycles. The van der Waals surface area contributed by atoms with Gasteiger partial charge in [0.1, 0.15) is 0 Å². The summed E-state index contributed by atoms with van der Waals surface area (Å²) in [5.41, 5.74) is 3.93. The quantitative estimate of drug-likeness (QED) is 0.816. The largest absolute Gasteiger partial charge is 0.374 e. The van der Waals surface area contributed by atoms with E-state index < -0.39 is 0 Å². The fourth-order valence-corrected chi connectivity index (χ4v) is 2.65. The molecule has 21 heavy (non-hydrogen) atoms. The zero-order valence-electron chi connectivity index (χ0n) is 13.6. The third-order valence-electron chi connectivity index (χ3n) is 3.64. The van der Waals surface area contributed by atoms with Crippen molar-refractivity contribution in [1.29, 1.82) is 0 Å². The van der Waals surface area contributed by atoms with Crippen molar-refractivity contribution in [2.24, 2.45) is 0 Å². The second-order valence-electron chi connectivity index (χ2n) is 6.86. The lowest BCUT2D eigenvalue weighted by Crippen LogP contribution is -2.41. The number of hydrogen-bond donors (Lipinski definition) is 2. The molecule has 1 aromatic rings. The van der Waals surface area contributed by atoms with E-state index in [0.29, 0.717) is 13.0 Å². The first-order chi connectivity index (χ1) is 9.85. The predicted molar refractivity (Wildman–Crippen MR) is 87.6 cm³/mol. The molecule has 0 aromatic heterocycles. The molecular formula is C17H27N3O. The highest BCUT2D eigenvalue weighted by Gasteiger charge is 2.15. The zero-order chi connectivity index (χ0) is 15.5. The number of hydrogen-bond acceptors (Lipinski definition) is 3. The van der Waals surface area contributed by atoms with Crippen molar-refractivity contribution in [3.05, 3.63) is 29.3 Å². The number of carbonyl (C=O) groups is 1. The molecule has 1 aromatic carbocycles. The Balaban J connectivity index is 1.73. The van der Waals surface area contributed by atoms with E-state index in [4.69, 9.17) is 0 Å². The molecule has 2 N–H and O–H groups in total. The molecule has 2 rings (SSSR count). The summed E-state index contributed by atoms with van der Waals surface area (Å²) in [5.74, 6) is 0.102. The predicted octanol–water partition coefficient (Wildman–Crippen LogP) is 2.07. The molecule has 1 amide bonds. The molecule has 0 bridgehead atoms. The Morgan fingerprint density at radius 1 is 1.33 bits per heavy atom. The number of carbonyl (C=O) groups excluding carboxylic acids is 1. The lowest BCUT2D eigenvalue weighted by Gasteiger charge is -2.20. The SMILES string of the molecule is CN1CCc2cc(CNCCC(=O)NC(C)(C)C)ccc21. The fraction of sp³-hybridized carbons (Fsp3) is 0.588. The van der Waals surface area contributed by atoms with E-state index in [-0.39, 0.29) is 11.4 Å². The summed E-state index contributed by atoms with van der Waals surface area (Å²) in [6, 6.07) is 6.65. The van der Waals surface area contributed by atoms with Crippen molar-refractivity contribution in [3.8, 4) is 0 Å². The van der Waals surface area contributed by atoms with Crippen LogP contribution in [-0.4, -0.2) is 31.6 Å². The summed E-state index contributed by atoms with van der Waals surface area (Å²) in [6.45, 7) is 8.64. The third kappa shape index (κ3) is 4.74. The van der Waals surface area contributed by atoms with Crippen molar-refractivity contribution in [1.82, 2.24) is 10.6 Å². The van der Waals surface area contributed by atoms with Crippen LogP contribution in [0.1, 0.15) is 38.3 Å². The van der Waals surface area contributed by atoms with Gasteiger partial charge >= 0.3 is 0 Å². The molecule has 4 nitrogen and oxygen atoms in total. The average Bonchev–Trinajstić information content (AvgIpc) is 2.74. The van der Waals surface area contributed by atoms with Crippen molar-refractivity contribution in [2.75, 3.05) is 25.0 Å². The van der Waals surface area contributed by atoms with Crippen LogP contribution in [0.4, 0.5) is 5.69 Å². The summed E-state index contributed by atoms with van der Waals surface area (Å²) >= 11 is 0. The highest BCUT2D eigenvalue weighted by molar-refractivity contribution is 5.76. The molecule has 0 saturated carbocycles. The van der Waals surface area contributed by atoms with Gasteiger partial charge in [0.15, 0.2) is 0 Å². The number of likely N-dealkylation sites (N-methyl/N-ethyl adjacent to an activating group) is 1. The van der Waals surface area contributed by atoms with Gasteiger partial charge in [-0.25, -0.2) is 0 Å². The van der Waals surface area contributed by atoms with E-state index in [1.165, 1.54) is 16.8 Å². The fourth-order valence-electron chi connectivity index (χ4n) is 2.65. The number of amides is 1. The molecule has 0 atom stereocenters. The Hall–Kier alpha value is -1.55. The minimum atomic E-state index is -0.150. The van der Waals surface area contributed by atoms with Gasteiger partial charge < -0.3 is 15.5 Å².